The van der Waals surface area contributed by atoms with Crippen LogP contribution in [0.1, 0.15) is 52.0 Å². The highest BCUT2D eigenvalue weighted by molar-refractivity contribution is 6.10. The van der Waals surface area contributed by atoms with Crippen LogP contribution in [0.15, 0.2) is 18.3 Å². The summed E-state index contributed by atoms with van der Waals surface area (Å²) in [5, 5.41) is 0. The second-order valence-corrected chi connectivity index (χ2v) is 7.19. The van der Waals surface area contributed by atoms with Gasteiger partial charge < -0.3 is 14.2 Å². The molecule has 138 valence electrons. The molecular formula is C17H24N2O6. The van der Waals surface area contributed by atoms with E-state index in [9.17, 15) is 14.4 Å². The van der Waals surface area contributed by atoms with Gasteiger partial charge in [0.2, 0.25) is 0 Å². The minimum Gasteiger partial charge on any atom is -0.464 e. The van der Waals surface area contributed by atoms with Crippen LogP contribution in [0.2, 0.25) is 0 Å². The Balaban J connectivity index is 3.29. The van der Waals surface area contributed by atoms with Gasteiger partial charge in [-0.15, -0.1) is 0 Å². The zero-order chi connectivity index (χ0) is 19.4. The molecular weight excluding hydrogens is 328 g/mol. The standard InChI is InChI=1S/C17H24N2O6/c1-16(2,3)24-14(21)19(15(22)25-17(4,5)6)11-8-9-18-12(10-11)13(20)23-7/h8-10H,1-7H3. The molecule has 0 radical (unpaired) electrons. The summed E-state index contributed by atoms with van der Waals surface area (Å²) in [7, 11) is 1.20. The molecule has 0 aliphatic rings. The smallest absolute Gasteiger partial charge is 0.424 e. The average Bonchev–Trinajstić information content (AvgIpc) is 2.43. The molecule has 0 unspecified atom stereocenters. The summed E-state index contributed by atoms with van der Waals surface area (Å²) in [6.07, 6.45) is -0.573. The maximum atomic E-state index is 12.5. The zero-order valence-corrected chi connectivity index (χ0v) is 15.6. The molecule has 0 atom stereocenters. The summed E-state index contributed by atoms with van der Waals surface area (Å²) in [6, 6.07) is 2.64. The van der Waals surface area contributed by atoms with Crippen LogP contribution in [0.4, 0.5) is 15.3 Å². The lowest BCUT2D eigenvalue weighted by Gasteiger charge is -2.28. The second kappa shape index (κ2) is 7.50. The molecule has 0 spiro atoms. The van der Waals surface area contributed by atoms with Crippen LogP contribution in [0.3, 0.4) is 0 Å². The Hall–Kier alpha value is -2.64. The highest BCUT2D eigenvalue weighted by Gasteiger charge is 2.33. The maximum Gasteiger partial charge on any atom is 0.424 e. The van der Waals surface area contributed by atoms with Crippen molar-refractivity contribution in [2.24, 2.45) is 0 Å². The third-order valence-electron chi connectivity index (χ3n) is 2.55. The molecule has 0 saturated carbocycles. The monoisotopic (exact) mass is 352 g/mol. The number of pyridine rings is 1. The predicted octanol–water partition coefficient (Wildman–Crippen LogP) is 3.54. The molecule has 0 N–H and O–H groups in total. The molecule has 2 amide bonds. The number of hydrogen-bond acceptors (Lipinski definition) is 7. The number of imide groups is 1. The summed E-state index contributed by atoms with van der Waals surface area (Å²) in [4.78, 5) is 41.2. The highest BCUT2D eigenvalue weighted by Crippen LogP contribution is 2.22. The van der Waals surface area contributed by atoms with Crippen LogP contribution in [0.5, 0.6) is 0 Å². The summed E-state index contributed by atoms with van der Waals surface area (Å²) in [5.41, 5.74) is -1.62. The lowest BCUT2D eigenvalue weighted by atomic mass is 10.2. The molecule has 0 aliphatic carbocycles. The number of aromatic nitrogens is 1. The van der Waals surface area contributed by atoms with E-state index in [2.05, 4.69) is 9.72 Å². The number of amides is 2. The molecule has 25 heavy (non-hydrogen) atoms. The number of anilines is 1. The van der Waals surface area contributed by atoms with Crippen molar-refractivity contribution >= 4 is 23.8 Å². The van der Waals surface area contributed by atoms with Crippen LogP contribution < -0.4 is 4.90 Å². The van der Waals surface area contributed by atoms with Crippen LogP contribution in [0, 0.1) is 0 Å². The topological polar surface area (TPSA) is 95.0 Å². The van der Waals surface area contributed by atoms with Crippen molar-refractivity contribution in [3.8, 4) is 0 Å². The van der Waals surface area contributed by atoms with Gasteiger partial charge in [-0.05, 0) is 53.7 Å². The molecule has 1 aromatic heterocycles. The Morgan fingerprint density at radius 2 is 1.44 bits per heavy atom. The van der Waals surface area contributed by atoms with E-state index in [1.165, 1.54) is 25.4 Å². The Kier molecular flexibility index (Phi) is 6.12. The van der Waals surface area contributed by atoms with Gasteiger partial charge in [0.05, 0.1) is 12.8 Å². The van der Waals surface area contributed by atoms with Crippen LogP contribution in [-0.2, 0) is 14.2 Å². The van der Waals surface area contributed by atoms with Crippen molar-refractivity contribution in [2.45, 2.75) is 52.7 Å². The maximum absolute atomic E-state index is 12.5. The quantitative estimate of drug-likeness (QED) is 0.593. The van der Waals surface area contributed by atoms with Crippen LogP contribution in [0.25, 0.3) is 0 Å². The third-order valence-corrected chi connectivity index (χ3v) is 2.55. The summed E-state index contributed by atoms with van der Waals surface area (Å²) in [6.45, 7) is 10.0. The number of hydrogen-bond donors (Lipinski definition) is 0. The molecule has 1 rings (SSSR count). The number of esters is 1. The van der Waals surface area contributed by atoms with Crippen molar-refractivity contribution in [2.75, 3.05) is 12.0 Å². The minimum atomic E-state index is -0.927. The lowest BCUT2D eigenvalue weighted by Crippen LogP contribution is -2.43. The van der Waals surface area contributed by atoms with Crippen LogP contribution in [-0.4, -0.2) is 41.5 Å². The first-order valence-corrected chi connectivity index (χ1v) is 7.64. The number of methoxy groups -OCH3 is 1. The van der Waals surface area contributed by atoms with Gasteiger partial charge in [0.15, 0.2) is 0 Å². The van der Waals surface area contributed by atoms with Gasteiger partial charge in [0.25, 0.3) is 0 Å². The van der Waals surface area contributed by atoms with Gasteiger partial charge in [-0.2, -0.15) is 4.90 Å². The van der Waals surface area contributed by atoms with Crippen molar-refractivity contribution < 1.29 is 28.6 Å². The van der Waals surface area contributed by atoms with Crippen molar-refractivity contribution in [1.82, 2.24) is 4.98 Å². The Bertz CT molecular complexity index is 630. The molecule has 0 aromatic carbocycles. The molecule has 0 bridgehead atoms. The predicted molar refractivity (Wildman–Crippen MR) is 90.5 cm³/mol. The first kappa shape index (κ1) is 20.4. The van der Waals surface area contributed by atoms with Gasteiger partial charge >= 0.3 is 18.2 Å². The first-order valence-electron chi connectivity index (χ1n) is 7.64. The minimum absolute atomic E-state index is 0.0582. The van der Waals surface area contributed by atoms with Gasteiger partial charge in [-0.1, -0.05) is 0 Å². The molecule has 8 heteroatoms. The zero-order valence-electron chi connectivity index (χ0n) is 15.6. The third kappa shape index (κ3) is 6.40. The van der Waals surface area contributed by atoms with E-state index in [0.29, 0.717) is 4.90 Å². The Morgan fingerprint density at radius 1 is 0.960 bits per heavy atom. The number of rotatable bonds is 2. The van der Waals surface area contributed by atoms with Gasteiger partial charge in [0.1, 0.15) is 16.9 Å². The molecule has 8 nitrogen and oxygen atoms in total. The van der Waals surface area contributed by atoms with E-state index in [-0.39, 0.29) is 11.4 Å². The fraction of sp³-hybridized carbons (Fsp3) is 0.529. The number of carbonyl (C=O) groups excluding carboxylic acids is 3. The Morgan fingerprint density at radius 3 is 1.84 bits per heavy atom. The van der Waals surface area contributed by atoms with E-state index >= 15 is 0 Å². The highest BCUT2D eigenvalue weighted by atomic mass is 16.6. The van der Waals surface area contributed by atoms with Gasteiger partial charge in [-0.25, -0.2) is 19.4 Å². The normalized spacial score (nSPS) is 11.5. The van der Waals surface area contributed by atoms with E-state index < -0.39 is 29.4 Å². The molecule has 0 fully saturated rings. The number of nitrogens with zero attached hydrogens (tertiary/aromatic N) is 2. The van der Waals surface area contributed by atoms with E-state index in [4.69, 9.17) is 9.47 Å². The summed E-state index contributed by atoms with van der Waals surface area (Å²) < 4.78 is 15.1. The van der Waals surface area contributed by atoms with Gasteiger partial charge in [-0.3, -0.25) is 0 Å². The Labute approximate surface area is 147 Å². The SMILES string of the molecule is COC(=O)c1cc(N(C(=O)OC(C)(C)C)C(=O)OC(C)(C)C)ccn1. The fourth-order valence-electron chi connectivity index (χ4n) is 1.68. The molecule has 0 aliphatic heterocycles. The number of carbonyl (C=O) groups is 3. The van der Waals surface area contributed by atoms with Crippen molar-refractivity contribution in [3.05, 3.63) is 24.0 Å². The van der Waals surface area contributed by atoms with Gasteiger partial charge in [0, 0.05) is 6.20 Å². The average molecular weight is 352 g/mol. The largest absolute Gasteiger partial charge is 0.464 e. The van der Waals surface area contributed by atoms with Crippen molar-refractivity contribution in [1.29, 1.82) is 0 Å². The van der Waals surface area contributed by atoms with E-state index in [0.717, 1.165) is 0 Å². The van der Waals surface area contributed by atoms with E-state index in [1.54, 1.807) is 41.5 Å². The molecule has 1 aromatic rings. The first-order chi connectivity index (χ1) is 11.3. The second-order valence-electron chi connectivity index (χ2n) is 7.19. The molecule has 1 heterocycles. The van der Waals surface area contributed by atoms with E-state index in [1.807, 2.05) is 0 Å². The molecule has 0 saturated heterocycles. The fourth-order valence-corrected chi connectivity index (χ4v) is 1.68. The number of ether oxygens (including phenoxy) is 3. The summed E-state index contributed by atoms with van der Waals surface area (Å²) in [5.74, 6) is -0.699. The summed E-state index contributed by atoms with van der Waals surface area (Å²) >= 11 is 0. The van der Waals surface area contributed by atoms with Crippen molar-refractivity contribution in [3.63, 3.8) is 0 Å². The lowest BCUT2D eigenvalue weighted by molar-refractivity contribution is 0.0428. The van der Waals surface area contributed by atoms with Crippen LogP contribution >= 0.6 is 0 Å².